The van der Waals surface area contributed by atoms with Crippen LogP contribution in [-0.2, 0) is 17.8 Å². The number of carbonyl (C=O) groups is 1. The first-order valence-corrected chi connectivity index (χ1v) is 9.86. The predicted octanol–water partition coefficient (Wildman–Crippen LogP) is 4.91. The summed E-state index contributed by atoms with van der Waals surface area (Å²) in [6, 6.07) is 14.7. The maximum atomic E-state index is 13.4. The zero-order chi connectivity index (χ0) is 18.8. The van der Waals surface area contributed by atoms with E-state index in [1.54, 1.807) is 0 Å². The minimum absolute atomic E-state index is 0.00125. The fraction of sp³-hybridized carbons (Fsp3) is 0.435. The highest BCUT2D eigenvalue weighted by Crippen LogP contribution is 2.38. The molecule has 2 unspecified atom stereocenters. The molecule has 2 saturated heterocycles. The van der Waals surface area contributed by atoms with Gasteiger partial charge in [-0.05, 0) is 48.9 Å². The number of halogens is 2. The lowest BCUT2D eigenvalue weighted by molar-refractivity contribution is -0.126. The molecule has 0 saturated carbocycles. The number of Topliss-reactive ketones (excluding diaryl/α,β-unsaturated/α-hetero) is 1. The third-order valence-electron chi connectivity index (χ3n) is 6.09. The molecule has 2 aromatic rings. The van der Waals surface area contributed by atoms with E-state index in [1.807, 2.05) is 6.07 Å². The molecule has 0 amide bonds. The average Bonchev–Trinajstić information content (AvgIpc) is 2.61. The highest BCUT2D eigenvalue weighted by Gasteiger charge is 2.40. The highest BCUT2D eigenvalue weighted by molar-refractivity contribution is 5.83. The summed E-state index contributed by atoms with van der Waals surface area (Å²) in [6.07, 6.45) is 5.32. The van der Waals surface area contributed by atoms with Gasteiger partial charge in [-0.3, -0.25) is 9.69 Å². The van der Waals surface area contributed by atoms with Crippen molar-refractivity contribution in [1.29, 1.82) is 0 Å². The van der Waals surface area contributed by atoms with Crippen molar-refractivity contribution >= 4 is 5.78 Å². The molecular formula is C23H25F2NO. The Morgan fingerprint density at radius 2 is 1.56 bits per heavy atom. The van der Waals surface area contributed by atoms with Gasteiger partial charge < -0.3 is 0 Å². The Hall–Kier alpha value is -2.07. The molecule has 0 radical (unpaired) electrons. The highest BCUT2D eigenvalue weighted by atomic mass is 19.1. The van der Waals surface area contributed by atoms with Crippen LogP contribution in [0.1, 0.15) is 43.2 Å². The smallest absolute Gasteiger partial charge is 0.140 e. The van der Waals surface area contributed by atoms with Gasteiger partial charge in [-0.1, -0.05) is 36.8 Å². The molecule has 27 heavy (non-hydrogen) atoms. The van der Waals surface area contributed by atoms with Crippen LogP contribution in [-0.4, -0.2) is 22.8 Å². The molecule has 0 aliphatic carbocycles. The standard InChI is InChI=1S/C23H25F2NO/c24-19-9-17(10-20(25)14-19)11-23(27)18-12-21-7-4-8-22(13-18)26(21)15-16-5-2-1-3-6-16/h1-3,5-6,9-10,14,18,21-22H,4,7-8,11-13,15H2. The summed E-state index contributed by atoms with van der Waals surface area (Å²) in [5, 5.41) is 0. The van der Waals surface area contributed by atoms with Gasteiger partial charge in [0.1, 0.15) is 17.4 Å². The third-order valence-corrected chi connectivity index (χ3v) is 6.09. The van der Waals surface area contributed by atoms with Gasteiger partial charge >= 0.3 is 0 Å². The molecule has 2 aromatic carbocycles. The molecule has 0 spiro atoms. The van der Waals surface area contributed by atoms with Crippen molar-refractivity contribution in [2.75, 3.05) is 0 Å². The molecular weight excluding hydrogens is 344 g/mol. The van der Waals surface area contributed by atoms with Crippen molar-refractivity contribution in [1.82, 2.24) is 4.90 Å². The first kappa shape index (κ1) is 18.3. The molecule has 0 aromatic heterocycles. The monoisotopic (exact) mass is 369 g/mol. The molecule has 2 nitrogen and oxygen atoms in total. The Labute approximate surface area is 159 Å². The van der Waals surface area contributed by atoms with E-state index in [1.165, 1.54) is 24.1 Å². The van der Waals surface area contributed by atoms with Crippen molar-refractivity contribution in [3.63, 3.8) is 0 Å². The second-order valence-electron chi connectivity index (χ2n) is 7.99. The predicted molar refractivity (Wildman–Crippen MR) is 101 cm³/mol. The molecule has 2 heterocycles. The summed E-state index contributed by atoms with van der Waals surface area (Å²) in [6.45, 7) is 0.937. The van der Waals surface area contributed by atoms with Crippen LogP contribution in [0.3, 0.4) is 0 Å². The summed E-state index contributed by atoms with van der Waals surface area (Å²) in [5.74, 6) is -1.12. The topological polar surface area (TPSA) is 20.3 Å². The maximum absolute atomic E-state index is 13.4. The van der Waals surface area contributed by atoms with Crippen molar-refractivity contribution in [3.8, 4) is 0 Å². The number of ketones is 1. The van der Waals surface area contributed by atoms with Gasteiger partial charge in [0, 0.05) is 37.0 Å². The minimum Gasteiger partial charge on any atom is -0.299 e. The largest absolute Gasteiger partial charge is 0.299 e. The summed E-state index contributed by atoms with van der Waals surface area (Å²) >= 11 is 0. The normalized spacial score (nSPS) is 25.3. The lowest BCUT2D eigenvalue weighted by atomic mass is 9.75. The van der Waals surface area contributed by atoms with Crippen LogP contribution in [0.2, 0.25) is 0 Å². The SMILES string of the molecule is O=C(Cc1cc(F)cc(F)c1)C1CC2CCCC(C1)N2Cc1ccccc1. The fourth-order valence-electron chi connectivity index (χ4n) is 4.85. The van der Waals surface area contributed by atoms with E-state index >= 15 is 0 Å². The quantitative estimate of drug-likeness (QED) is 0.746. The van der Waals surface area contributed by atoms with E-state index in [0.29, 0.717) is 17.6 Å². The molecule has 0 N–H and O–H groups in total. The molecule has 2 bridgehead atoms. The van der Waals surface area contributed by atoms with Gasteiger partial charge in [0.15, 0.2) is 0 Å². The Morgan fingerprint density at radius 1 is 0.926 bits per heavy atom. The van der Waals surface area contributed by atoms with Crippen molar-refractivity contribution in [2.45, 2.75) is 57.2 Å². The summed E-state index contributed by atoms with van der Waals surface area (Å²) in [7, 11) is 0. The number of carbonyl (C=O) groups excluding carboxylic acids is 1. The Balaban J connectivity index is 1.44. The first-order valence-electron chi connectivity index (χ1n) is 9.86. The van der Waals surface area contributed by atoms with Gasteiger partial charge in [-0.25, -0.2) is 8.78 Å². The first-order chi connectivity index (χ1) is 13.1. The zero-order valence-corrected chi connectivity index (χ0v) is 15.4. The molecule has 4 rings (SSSR count). The van der Waals surface area contributed by atoms with Crippen LogP contribution in [0.15, 0.2) is 48.5 Å². The van der Waals surface area contributed by atoms with Crippen LogP contribution in [0.4, 0.5) is 8.78 Å². The van der Waals surface area contributed by atoms with Gasteiger partial charge in [0.25, 0.3) is 0 Å². The van der Waals surface area contributed by atoms with E-state index in [2.05, 4.69) is 29.2 Å². The Morgan fingerprint density at radius 3 is 2.19 bits per heavy atom. The van der Waals surface area contributed by atoms with Gasteiger partial charge in [-0.2, -0.15) is 0 Å². The van der Waals surface area contributed by atoms with E-state index in [-0.39, 0.29) is 18.1 Å². The zero-order valence-electron chi connectivity index (χ0n) is 15.4. The van der Waals surface area contributed by atoms with Crippen LogP contribution >= 0.6 is 0 Å². The molecule has 2 aliphatic rings. The number of piperidine rings is 2. The molecule has 142 valence electrons. The number of rotatable bonds is 5. The number of hydrogen-bond donors (Lipinski definition) is 0. The fourth-order valence-corrected chi connectivity index (χ4v) is 4.85. The summed E-state index contributed by atoms with van der Waals surface area (Å²) < 4.78 is 26.8. The van der Waals surface area contributed by atoms with Gasteiger partial charge in [-0.15, -0.1) is 0 Å². The molecule has 2 atom stereocenters. The second kappa shape index (κ2) is 7.89. The second-order valence-corrected chi connectivity index (χ2v) is 7.99. The van der Waals surface area contributed by atoms with Crippen molar-refractivity contribution < 1.29 is 13.6 Å². The van der Waals surface area contributed by atoms with Crippen LogP contribution in [0.5, 0.6) is 0 Å². The van der Waals surface area contributed by atoms with E-state index in [4.69, 9.17) is 0 Å². The van der Waals surface area contributed by atoms with Crippen LogP contribution < -0.4 is 0 Å². The van der Waals surface area contributed by atoms with Crippen molar-refractivity contribution in [2.24, 2.45) is 5.92 Å². The summed E-state index contributed by atoms with van der Waals surface area (Å²) in [4.78, 5) is 15.4. The third kappa shape index (κ3) is 4.27. The molecule has 2 fully saturated rings. The van der Waals surface area contributed by atoms with E-state index in [0.717, 1.165) is 38.3 Å². The van der Waals surface area contributed by atoms with E-state index < -0.39 is 11.6 Å². The lowest BCUT2D eigenvalue weighted by Gasteiger charge is -2.48. The number of hydrogen-bond acceptors (Lipinski definition) is 2. The van der Waals surface area contributed by atoms with E-state index in [9.17, 15) is 13.6 Å². The summed E-state index contributed by atoms with van der Waals surface area (Å²) in [5.41, 5.74) is 1.75. The van der Waals surface area contributed by atoms with Crippen LogP contribution in [0.25, 0.3) is 0 Å². The maximum Gasteiger partial charge on any atom is 0.140 e. The van der Waals surface area contributed by atoms with Crippen molar-refractivity contribution in [3.05, 3.63) is 71.3 Å². The molecule has 2 aliphatic heterocycles. The number of nitrogens with zero attached hydrogens (tertiary/aromatic N) is 1. The Bertz CT molecular complexity index is 773. The average molecular weight is 369 g/mol. The number of benzene rings is 2. The molecule has 4 heteroatoms. The Kier molecular flexibility index (Phi) is 5.35. The van der Waals surface area contributed by atoms with Crippen LogP contribution in [0, 0.1) is 17.6 Å². The van der Waals surface area contributed by atoms with Gasteiger partial charge in [0.05, 0.1) is 0 Å². The van der Waals surface area contributed by atoms with Gasteiger partial charge in [0.2, 0.25) is 0 Å². The lowest BCUT2D eigenvalue weighted by Crippen LogP contribution is -2.52. The minimum atomic E-state index is -0.618. The number of fused-ring (bicyclic) bond motifs is 2.